The van der Waals surface area contributed by atoms with Gasteiger partial charge in [-0.3, -0.25) is 19.1 Å². The molecule has 0 saturated carbocycles. The molecule has 2 rings (SSSR count). The van der Waals surface area contributed by atoms with Gasteiger partial charge in [-0.25, -0.2) is 9.00 Å². The molecule has 2 atom stereocenters. The Kier molecular flexibility index (Phi) is 10.9. The van der Waals surface area contributed by atoms with E-state index >= 15 is 0 Å². The van der Waals surface area contributed by atoms with Gasteiger partial charge in [-0.2, -0.15) is 0 Å². The van der Waals surface area contributed by atoms with Gasteiger partial charge in [0.05, 0.1) is 11.4 Å². The third-order valence-corrected chi connectivity index (χ3v) is 8.24. The lowest BCUT2D eigenvalue weighted by Crippen LogP contribution is -2.44. The fourth-order valence-corrected chi connectivity index (χ4v) is 6.28. The van der Waals surface area contributed by atoms with Crippen molar-refractivity contribution in [2.24, 2.45) is 10.3 Å². The van der Waals surface area contributed by atoms with Crippen LogP contribution in [0.3, 0.4) is 0 Å². The minimum atomic E-state index is -3.80. The number of nitrogens with zero attached hydrogens (tertiary/aromatic N) is 1. The van der Waals surface area contributed by atoms with Gasteiger partial charge in [0.25, 0.3) is 5.91 Å². The second-order valence-corrected chi connectivity index (χ2v) is 13.4. The average molecular weight is 585 g/mol. The Morgan fingerprint density at radius 2 is 1.84 bits per heavy atom. The molecule has 10 nitrogen and oxygen atoms in total. The number of carbonyl (C=O) groups excluding carboxylic acids is 4. The maximum absolute atomic E-state index is 14.0. The second-order valence-electron chi connectivity index (χ2n) is 9.95. The van der Waals surface area contributed by atoms with Crippen LogP contribution in [0, 0.1) is 5.92 Å². The molecule has 0 bridgehead atoms. The number of rotatable bonds is 9. The number of ether oxygens (including phenoxy) is 1. The number of benzene rings is 1. The summed E-state index contributed by atoms with van der Waals surface area (Å²) in [6.07, 6.45) is -0.814. The van der Waals surface area contributed by atoms with Gasteiger partial charge in [-0.1, -0.05) is 37.6 Å². The van der Waals surface area contributed by atoms with E-state index in [2.05, 4.69) is 19.7 Å². The van der Waals surface area contributed by atoms with Crippen molar-refractivity contribution >= 4 is 62.4 Å². The molecule has 0 aliphatic carbocycles. The first-order valence-electron chi connectivity index (χ1n) is 11.8. The smallest absolute Gasteiger partial charge is 0.408 e. The molecule has 0 fully saturated rings. The lowest BCUT2D eigenvalue weighted by Gasteiger charge is -2.23. The summed E-state index contributed by atoms with van der Waals surface area (Å²) >= 11 is 7.00. The molecule has 0 aliphatic heterocycles. The fraction of sp³-hybridized carbons (Fsp3) is 0.440. The molecule has 38 heavy (non-hydrogen) atoms. The number of hydrogen-bond acceptors (Lipinski definition) is 7. The zero-order valence-corrected chi connectivity index (χ0v) is 24.5. The highest BCUT2D eigenvalue weighted by molar-refractivity contribution is 7.94. The van der Waals surface area contributed by atoms with Crippen molar-refractivity contribution in [2.75, 3.05) is 5.32 Å². The molecule has 2 aromatic rings. The molecule has 3 N–H and O–H groups in total. The minimum Gasteiger partial charge on any atom is -0.444 e. The van der Waals surface area contributed by atoms with Crippen LogP contribution in [0.25, 0.3) is 0 Å². The number of nitrogens with one attached hydrogen (secondary N) is 3. The summed E-state index contributed by atoms with van der Waals surface area (Å²) in [4.78, 5) is 49.9. The summed E-state index contributed by atoms with van der Waals surface area (Å²) in [7, 11) is -3.80. The Balaban J connectivity index is 2.37. The molecule has 13 heteroatoms. The minimum absolute atomic E-state index is 0.0215. The summed E-state index contributed by atoms with van der Waals surface area (Å²) in [5, 5.41) is 6.90. The number of carbonyl (C=O) groups is 4. The molecule has 0 spiro atoms. The highest BCUT2D eigenvalue weighted by atomic mass is 35.5. The predicted octanol–water partition coefficient (Wildman–Crippen LogP) is 4.93. The molecule has 1 aromatic carbocycles. The Hall–Kier alpha value is -2.96. The third kappa shape index (κ3) is 10.4. The van der Waals surface area contributed by atoms with Crippen molar-refractivity contribution in [3.05, 3.63) is 46.3 Å². The van der Waals surface area contributed by atoms with Crippen LogP contribution >= 0.6 is 22.9 Å². The number of hydrogen-bond donors (Lipinski definition) is 3. The number of amides is 4. The monoisotopic (exact) mass is 584 g/mol. The Morgan fingerprint density at radius 3 is 2.39 bits per heavy atom. The summed E-state index contributed by atoms with van der Waals surface area (Å²) in [5.41, 5.74) is 0.243. The van der Waals surface area contributed by atoms with Crippen LogP contribution < -0.4 is 15.4 Å². The summed E-state index contributed by atoms with van der Waals surface area (Å²) < 4.78 is 25.6. The number of anilines is 1. The van der Waals surface area contributed by atoms with Crippen LogP contribution in [0.15, 0.2) is 44.3 Å². The molecule has 1 aromatic heterocycles. The van der Waals surface area contributed by atoms with Crippen LogP contribution in [-0.4, -0.2) is 39.7 Å². The number of halogens is 1. The third-order valence-electron chi connectivity index (χ3n) is 4.60. The van der Waals surface area contributed by atoms with Crippen LogP contribution in [0.2, 0.25) is 5.02 Å². The molecule has 1 heterocycles. The Labute approximate surface area is 232 Å². The van der Waals surface area contributed by atoms with Crippen molar-refractivity contribution in [3.8, 4) is 0 Å². The zero-order valence-electron chi connectivity index (χ0n) is 22.1. The lowest BCUT2D eigenvalue weighted by atomic mass is 10.0. The van der Waals surface area contributed by atoms with Crippen LogP contribution in [0.1, 0.15) is 53.5 Å². The van der Waals surface area contributed by atoms with Gasteiger partial charge in [0.2, 0.25) is 11.8 Å². The van der Waals surface area contributed by atoms with E-state index in [1.54, 1.807) is 45.0 Å². The zero-order chi connectivity index (χ0) is 28.7. The first-order chi connectivity index (χ1) is 17.6. The van der Waals surface area contributed by atoms with Gasteiger partial charge >= 0.3 is 6.09 Å². The molecule has 4 amide bonds. The highest BCUT2D eigenvalue weighted by Gasteiger charge is 2.28. The lowest BCUT2D eigenvalue weighted by molar-refractivity contribution is -0.120. The molecule has 0 saturated heterocycles. The van der Waals surface area contributed by atoms with Gasteiger partial charge < -0.3 is 15.4 Å². The summed E-state index contributed by atoms with van der Waals surface area (Å²) in [6.45, 7) is 10.1. The Morgan fingerprint density at radius 1 is 1.16 bits per heavy atom. The molecular weight excluding hydrogens is 552 g/mol. The fourth-order valence-electron chi connectivity index (χ4n) is 3.23. The van der Waals surface area contributed by atoms with E-state index in [1.807, 2.05) is 13.8 Å². The van der Waals surface area contributed by atoms with Gasteiger partial charge in [-0.05, 0) is 56.9 Å². The van der Waals surface area contributed by atoms with E-state index in [1.165, 1.54) is 18.4 Å². The SMILES string of the molecule is CC(=O)Nc1cccc(CC(=O)NS(=O)(=NC(=O)[C@H](CC(C)C)NC(=O)OC(C)(C)C)c2cc(Cl)cs2)c1. The van der Waals surface area contributed by atoms with E-state index in [0.717, 1.165) is 11.3 Å². The van der Waals surface area contributed by atoms with Crippen molar-refractivity contribution < 1.29 is 28.1 Å². The average Bonchev–Trinajstić information content (AvgIpc) is 3.18. The van der Waals surface area contributed by atoms with E-state index in [-0.39, 0.29) is 33.9 Å². The first kappa shape index (κ1) is 31.3. The van der Waals surface area contributed by atoms with E-state index in [4.69, 9.17) is 16.3 Å². The van der Waals surface area contributed by atoms with Crippen LogP contribution in [0.4, 0.5) is 10.5 Å². The van der Waals surface area contributed by atoms with E-state index < -0.39 is 39.5 Å². The summed E-state index contributed by atoms with van der Waals surface area (Å²) in [6, 6.07) is 6.84. The van der Waals surface area contributed by atoms with Crippen LogP contribution in [-0.2, 0) is 35.5 Å². The molecule has 208 valence electrons. The standard InChI is InChI=1S/C25H33ClN4O6S2/c1-15(2)10-20(28-24(34)36-25(4,5)6)23(33)30-38(35,22-13-18(26)14-37-22)29-21(32)12-17-8-7-9-19(11-17)27-16(3)31/h7-9,11,13-15,20H,10,12H2,1-6H3,(H,27,31)(H,28,34)(H,29,30,32,33,35)/t20-,38?/m0/s1. The van der Waals surface area contributed by atoms with Crippen LogP contribution in [0.5, 0.6) is 0 Å². The quantitative estimate of drug-likeness (QED) is 0.381. The maximum atomic E-state index is 14.0. The van der Waals surface area contributed by atoms with E-state index in [0.29, 0.717) is 11.3 Å². The number of alkyl carbamates (subject to hydrolysis) is 1. The van der Waals surface area contributed by atoms with Crippen molar-refractivity contribution in [1.29, 1.82) is 0 Å². The topological polar surface area (TPSA) is 143 Å². The molecule has 0 radical (unpaired) electrons. The van der Waals surface area contributed by atoms with Gasteiger partial charge in [0, 0.05) is 18.0 Å². The predicted molar refractivity (Wildman–Crippen MR) is 148 cm³/mol. The normalized spacial score (nSPS) is 13.7. The maximum Gasteiger partial charge on any atom is 0.408 e. The van der Waals surface area contributed by atoms with Gasteiger partial charge in [0.1, 0.15) is 15.9 Å². The molecule has 1 unspecified atom stereocenters. The largest absolute Gasteiger partial charge is 0.444 e. The van der Waals surface area contributed by atoms with Crippen molar-refractivity contribution in [3.63, 3.8) is 0 Å². The molecular formula is C25H33ClN4O6S2. The van der Waals surface area contributed by atoms with Crippen molar-refractivity contribution in [1.82, 2.24) is 10.0 Å². The second kappa shape index (κ2) is 13.2. The highest BCUT2D eigenvalue weighted by Crippen LogP contribution is 2.26. The first-order valence-corrected chi connectivity index (χ1v) is 14.6. The summed E-state index contributed by atoms with van der Waals surface area (Å²) in [5.74, 6) is -1.84. The van der Waals surface area contributed by atoms with Gasteiger partial charge in [-0.15, -0.1) is 15.7 Å². The number of thiophene rings is 1. The van der Waals surface area contributed by atoms with Crippen molar-refractivity contribution in [2.45, 2.75) is 70.2 Å². The molecule has 0 aliphatic rings. The van der Waals surface area contributed by atoms with Gasteiger partial charge in [0.15, 0.2) is 9.92 Å². The Bertz CT molecular complexity index is 1310. The van der Waals surface area contributed by atoms with E-state index in [9.17, 15) is 23.4 Å².